The summed E-state index contributed by atoms with van der Waals surface area (Å²) in [5.74, 6) is -0.882. The molecule has 0 aromatic heterocycles. The highest BCUT2D eigenvalue weighted by Crippen LogP contribution is 2.28. The van der Waals surface area contributed by atoms with Gasteiger partial charge in [0.1, 0.15) is 0 Å². The second-order valence-corrected chi connectivity index (χ2v) is 10.8. The van der Waals surface area contributed by atoms with Gasteiger partial charge in [-0.05, 0) is 49.4 Å². The van der Waals surface area contributed by atoms with Crippen LogP contribution in [0.3, 0.4) is 0 Å². The van der Waals surface area contributed by atoms with Gasteiger partial charge in [-0.25, -0.2) is 13.1 Å². The standard InChI is InChI=1S/C23H29N3O4S2/c1-16(2)25-32(29,30)15-18-8-5-4-7-17(18)13-24-23(28)19-11-22(27)26(14-19)20-9-6-10-21(12-20)31-3/h4-10,12,16,19,25H,11,13-15H2,1-3H3,(H,24,28). The van der Waals surface area contributed by atoms with Gasteiger partial charge in [0.05, 0.1) is 11.7 Å². The minimum Gasteiger partial charge on any atom is -0.352 e. The van der Waals surface area contributed by atoms with Gasteiger partial charge >= 0.3 is 0 Å². The number of sulfonamides is 1. The number of carbonyl (C=O) groups is 2. The van der Waals surface area contributed by atoms with E-state index in [1.807, 2.05) is 36.6 Å². The molecular weight excluding hydrogens is 446 g/mol. The van der Waals surface area contributed by atoms with Crippen LogP contribution >= 0.6 is 11.8 Å². The summed E-state index contributed by atoms with van der Waals surface area (Å²) in [6.45, 7) is 4.08. The van der Waals surface area contributed by atoms with Crippen LogP contribution in [-0.2, 0) is 31.9 Å². The van der Waals surface area contributed by atoms with Crippen LogP contribution in [0.25, 0.3) is 0 Å². The van der Waals surface area contributed by atoms with Crippen molar-refractivity contribution in [3.8, 4) is 0 Å². The van der Waals surface area contributed by atoms with Crippen LogP contribution < -0.4 is 14.9 Å². The molecule has 0 aliphatic carbocycles. The van der Waals surface area contributed by atoms with Crippen molar-refractivity contribution in [3.63, 3.8) is 0 Å². The third-order valence-electron chi connectivity index (χ3n) is 5.19. The fourth-order valence-corrected chi connectivity index (χ4v) is 5.66. The Balaban J connectivity index is 1.63. The van der Waals surface area contributed by atoms with Crippen molar-refractivity contribution in [1.29, 1.82) is 0 Å². The van der Waals surface area contributed by atoms with Crippen molar-refractivity contribution in [2.24, 2.45) is 5.92 Å². The summed E-state index contributed by atoms with van der Waals surface area (Å²) in [6.07, 6.45) is 2.13. The van der Waals surface area contributed by atoms with E-state index < -0.39 is 15.9 Å². The molecule has 1 heterocycles. The second kappa shape index (κ2) is 10.5. The molecule has 1 aliphatic rings. The molecule has 0 spiro atoms. The van der Waals surface area contributed by atoms with Gasteiger partial charge in [-0.3, -0.25) is 9.59 Å². The normalized spacial score (nSPS) is 16.6. The predicted octanol–water partition coefficient (Wildman–Crippen LogP) is 2.91. The molecule has 1 unspecified atom stereocenters. The fraction of sp³-hybridized carbons (Fsp3) is 0.391. The zero-order valence-electron chi connectivity index (χ0n) is 18.5. The molecule has 32 heavy (non-hydrogen) atoms. The van der Waals surface area contributed by atoms with E-state index in [1.165, 1.54) is 0 Å². The predicted molar refractivity (Wildman–Crippen MR) is 128 cm³/mol. The number of rotatable bonds is 9. The monoisotopic (exact) mass is 475 g/mol. The van der Waals surface area contributed by atoms with Gasteiger partial charge in [0.15, 0.2) is 0 Å². The third-order valence-corrected chi connectivity index (χ3v) is 7.44. The van der Waals surface area contributed by atoms with E-state index in [0.717, 1.165) is 16.1 Å². The van der Waals surface area contributed by atoms with Crippen molar-refractivity contribution < 1.29 is 18.0 Å². The highest BCUT2D eigenvalue weighted by molar-refractivity contribution is 7.98. The zero-order chi connectivity index (χ0) is 23.3. The number of carbonyl (C=O) groups excluding carboxylic acids is 2. The SMILES string of the molecule is CSc1cccc(N2CC(C(=O)NCc3ccccc3CS(=O)(=O)NC(C)C)CC2=O)c1. The number of amides is 2. The van der Waals surface area contributed by atoms with E-state index in [-0.39, 0.29) is 36.6 Å². The Labute approximate surface area is 194 Å². The smallest absolute Gasteiger partial charge is 0.227 e. The summed E-state index contributed by atoms with van der Waals surface area (Å²) in [5.41, 5.74) is 2.17. The number of hydrogen-bond acceptors (Lipinski definition) is 5. The maximum absolute atomic E-state index is 12.8. The molecule has 1 fully saturated rings. The number of anilines is 1. The van der Waals surface area contributed by atoms with Gasteiger partial charge in [-0.1, -0.05) is 30.3 Å². The topological polar surface area (TPSA) is 95.6 Å². The second-order valence-electron chi connectivity index (χ2n) is 8.13. The Bertz CT molecular complexity index is 1090. The van der Waals surface area contributed by atoms with E-state index in [2.05, 4.69) is 10.0 Å². The molecule has 1 saturated heterocycles. The first-order valence-electron chi connectivity index (χ1n) is 10.5. The average Bonchev–Trinajstić information content (AvgIpc) is 3.13. The van der Waals surface area contributed by atoms with Crippen LogP contribution in [-0.4, -0.2) is 39.1 Å². The van der Waals surface area contributed by atoms with Crippen LogP contribution in [0.4, 0.5) is 5.69 Å². The minimum atomic E-state index is -3.48. The van der Waals surface area contributed by atoms with Gasteiger partial charge < -0.3 is 10.2 Å². The van der Waals surface area contributed by atoms with Crippen LogP contribution in [0.15, 0.2) is 53.4 Å². The average molecular weight is 476 g/mol. The first-order chi connectivity index (χ1) is 15.2. The lowest BCUT2D eigenvalue weighted by Gasteiger charge is -2.18. The zero-order valence-corrected chi connectivity index (χ0v) is 20.1. The highest BCUT2D eigenvalue weighted by atomic mass is 32.2. The van der Waals surface area contributed by atoms with Gasteiger partial charge in [0.25, 0.3) is 0 Å². The van der Waals surface area contributed by atoms with Crippen molar-refractivity contribution in [2.45, 2.75) is 43.5 Å². The largest absolute Gasteiger partial charge is 0.352 e. The lowest BCUT2D eigenvalue weighted by atomic mass is 10.1. The number of thioether (sulfide) groups is 1. The quantitative estimate of drug-likeness (QED) is 0.544. The van der Waals surface area contributed by atoms with Crippen LogP contribution in [0, 0.1) is 5.92 Å². The Morgan fingerprint density at radius 2 is 1.88 bits per heavy atom. The molecule has 1 atom stereocenters. The van der Waals surface area contributed by atoms with E-state index in [4.69, 9.17) is 0 Å². The van der Waals surface area contributed by atoms with E-state index in [9.17, 15) is 18.0 Å². The first kappa shape index (κ1) is 24.3. The van der Waals surface area contributed by atoms with E-state index in [0.29, 0.717) is 12.1 Å². The van der Waals surface area contributed by atoms with Gasteiger partial charge in [0.2, 0.25) is 21.8 Å². The lowest BCUT2D eigenvalue weighted by molar-refractivity contribution is -0.126. The molecule has 7 nitrogen and oxygen atoms in total. The number of benzene rings is 2. The number of nitrogens with one attached hydrogen (secondary N) is 2. The fourth-order valence-electron chi connectivity index (χ4n) is 3.71. The van der Waals surface area contributed by atoms with Crippen molar-refractivity contribution in [1.82, 2.24) is 10.0 Å². The molecule has 3 rings (SSSR count). The summed E-state index contributed by atoms with van der Waals surface area (Å²) in [5, 5.41) is 2.89. The summed E-state index contributed by atoms with van der Waals surface area (Å²) in [6, 6.07) is 14.7. The summed E-state index contributed by atoms with van der Waals surface area (Å²) in [4.78, 5) is 28.0. The van der Waals surface area contributed by atoms with Gasteiger partial charge in [0, 0.05) is 36.1 Å². The molecule has 2 aromatic carbocycles. The van der Waals surface area contributed by atoms with Crippen LogP contribution in [0.1, 0.15) is 31.4 Å². The van der Waals surface area contributed by atoms with Crippen LogP contribution in [0.5, 0.6) is 0 Å². The number of hydrogen-bond donors (Lipinski definition) is 2. The lowest BCUT2D eigenvalue weighted by Crippen LogP contribution is -2.33. The molecular formula is C23H29N3O4S2. The summed E-state index contributed by atoms with van der Waals surface area (Å²) >= 11 is 1.60. The van der Waals surface area contributed by atoms with Crippen molar-refractivity contribution in [2.75, 3.05) is 17.7 Å². The molecule has 1 aliphatic heterocycles. The van der Waals surface area contributed by atoms with Gasteiger partial charge in [-0.15, -0.1) is 11.8 Å². The van der Waals surface area contributed by atoms with Gasteiger partial charge in [-0.2, -0.15) is 0 Å². The molecule has 0 saturated carbocycles. The Morgan fingerprint density at radius 1 is 1.16 bits per heavy atom. The Hall–Kier alpha value is -2.36. The summed E-state index contributed by atoms with van der Waals surface area (Å²) in [7, 11) is -3.48. The summed E-state index contributed by atoms with van der Waals surface area (Å²) < 4.78 is 27.2. The van der Waals surface area contributed by atoms with E-state index >= 15 is 0 Å². The maximum atomic E-state index is 12.8. The minimum absolute atomic E-state index is 0.0744. The van der Waals surface area contributed by atoms with Crippen molar-refractivity contribution in [3.05, 3.63) is 59.7 Å². The molecule has 0 radical (unpaired) electrons. The van der Waals surface area contributed by atoms with E-state index in [1.54, 1.807) is 48.7 Å². The Kier molecular flexibility index (Phi) is 7.97. The number of nitrogens with zero attached hydrogens (tertiary/aromatic N) is 1. The molecule has 2 N–H and O–H groups in total. The maximum Gasteiger partial charge on any atom is 0.227 e. The molecule has 9 heteroatoms. The highest BCUT2D eigenvalue weighted by Gasteiger charge is 2.35. The molecule has 2 amide bonds. The van der Waals surface area contributed by atoms with Crippen LogP contribution in [0.2, 0.25) is 0 Å². The first-order valence-corrected chi connectivity index (χ1v) is 13.3. The molecule has 172 valence electrons. The molecule has 0 bridgehead atoms. The van der Waals surface area contributed by atoms with Crippen molar-refractivity contribution >= 4 is 39.3 Å². The third kappa shape index (κ3) is 6.34. The Morgan fingerprint density at radius 3 is 2.56 bits per heavy atom. The molecule has 2 aromatic rings.